The molecule has 0 heterocycles. The molecule has 0 aliphatic heterocycles. The molecular formula is C16H20F3NO. The van der Waals surface area contributed by atoms with Gasteiger partial charge in [-0.1, -0.05) is 12.1 Å². The van der Waals surface area contributed by atoms with Gasteiger partial charge in [0.05, 0.1) is 11.7 Å². The zero-order valence-electron chi connectivity index (χ0n) is 11.8. The average molecular weight is 299 g/mol. The Hall–Kier alpha value is -1.07. The molecule has 1 aromatic rings. The van der Waals surface area contributed by atoms with E-state index in [4.69, 9.17) is 0 Å². The Balaban J connectivity index is 1.54. The molecule has 1 aromatic carbocycles. The van der Waals surface area contributed by atoms with Crippen LogP contribution < -0.4 is 5.32 Å². The number of hydrogen-bond acceptors (Lipinski definition) is 2. The van der Waals surface area contributed by atoms with E-state index in [-0.39, 0.29) is 0 Å². The molecule has 2 aliphatic carbocycles. The summed E-state index contributed by atoms with van der Waals surface area (Å²) in [5.41, 5.74) is 0.0253. The summed E-state index contributed by atoms with van der Waals surface area (Å²) in [7, 11) is 0. The largest absolute Gasteiger partial charge is 0.416 e. The number of aliphatic hydroxyl groups is 1. The van der Waals surface area contributed by atoms with Crippen molar-refractivity contribution >= 4 is 0 Å². The maximum absolute atomic E-state index is 12.6. The van der Waals surface area contributed by atoms with Gasteiger partial charge in [0.2, 0.25) is 0 Å². The van der Waals surface area contributed by atoms with E-state index in [2.05, 4.69) is 5.32 Å². The molecule has 0 amide bonds. The van der Waals surface area contributed by atoms with E-state index < -0.39 is 17.8 Å². The summed E-state index contributed by atoms with van der Waals surface area (Å²) < 4.78 is 37.9. The molecule has 1 unspecified atom stereocenters. The van der Waals surface area contributed by atoms with Gasteiger partial charge in [0.1, 0.15) is 0 Å². The Labute approximate surface area is 122 Å². The van der Waals surface area contributed by atoms with Crippen molar-refractivity contribution in [2.24, 2.45) is 11.3 Å². The molecule has 0 radical (unpaired) electrons. The second kappa shape index (κ2) is 5.29. The summed E-state index contributed by atoms with van der Waals surface area (Å²) in [6.07, 6.45) is -0.181. The number of nitrogens with one attached hydrogen (secondary N) is 1. The molecule has 3 rings (SSSR count). The Kier molecular flexibility index (Phi) is 3.74. The third kappa shape index (κ3) is 3.40. The van der Waals surface area contributed by atoms with E-state index in [1.807, 2.05) is 0 Å². The first-order valence-electron chi connectivity index (χ1n) is 7.47. The first-order valence-corrected chi connectivity index (χ1v) is 7.47. The van der Waals surface area contributed by atoms with Crippen molar-refractivity contribution in [2.45, 2.75) is 38.0 Å². The van der Waals surface area contributed by atoms with E-state index in [0.717, 1.165) is 24.6 Å². The quantitative estimate of drug-likeness (QED) is 0.842. The van der Waals surface area contributed by atoms with Gasteiger partial charge in [-0.25, -0.2) is 0 Å². The van der Waals surface area contributed by atoms with E-state index in [1.165, 1.54) is 37.8 Å². The molecule has 0 spiro atoms. The summed E-state index contributed by atoms with van der Waals surface area (Å²) in [5.74, 6) is 0.829. The van der Waals surface area contributed by atoms with Gasteiger partial charge in [0, 0.05) is 13.1 Å². The molecule has 0 bridgehead atoms. The second-order valence-electron chi connectivity index (χ2n) is 6.41. The van der Waals surface area contributed by atoms with Crippen LogP contribution in [0, 0.1) is 11.3 Å². The number of aliphatic hydroxyl groups excluding tert-OH is 1. The van der Waals surface area contributed by atoms with Gasteiger partial charge in [-0.15, -0.1) is 0 Å². The lowest BCUT2D eigenvalue weighted by Crippen LogP contribution is -2.29. The molecule has 0 saturated heterocycles. The molecule has 2 saturated carbocycles. The van der Waals surface area contributed by atoms with Gasteiger partial charge < -0.3 is 10.4 Å². The van der Waals surface area contributed by atoms with Crippen LogP contribution in [-0.4, -0.2) is 18.2 Å². The summed E-state index contributed by atoms with van der Waals surface area (Å²) in [4.78, 5) is 0. The Bertz CT molecular complexity index is 506. The van der Waals surface area contributed by atoms with Crippen LogP contribution >= 0.6 is 0 Å². The maximum atomic E-state index is 12.6. The fourth-order valence-corrected chi connectivity index (χ4v) is 3.08. The third-order valence-electron chi connectivity index (χ3n) is 4.75. The number of benzene rings is 1. The Morgan fingerprint density at radius 3 is 2.57 bits per heavy atom. The number of halogens is 3. The minimum absolute atomic E-state index is 0.301. The van der Waals surface area contributed by atoms with Crippen molar-refractivity contribution in [3.05, 3.63) is 35.4 Å². The third-order valence-corrected chi connectivity index (χ3v) is 4.75. The molecule has 5 heteroatoms. The average Bonchev–Trinajstić information content (AvgIpc) is 3.30. The molecular weight excluding hydrogens is 279 g/mol. The molecule has 21 heavy (non-hydrogen) atoms. The van der Waals surface area contributed by atoms with Gasteiger partial charge in [0.15, 0.2) is 0 Å². The number of alkyl halides is 3. The molecule has 2 N–H and O–H groups in total. The first-order chi connectivity index (χ1) is 9.91. The molecule has 2 fully saturated rings. The van der Waals surface area contributed by atoms with Crippen molar-refractivity contribution < 1.29 is 18.3 Å². The van der Waals surface area contributed by atoms with Crippen LogP contribution in [0.4, 0.5) is 13.2 Å². The van der Waals surface area contributed by atoms with Gasteiger partial charge in [-0.05, 0) is 54.7 Å². The van der Waals surface area contributed by atoms with Crippen LogP contribution in [0.2, 0.25) is 0 Å². The fraction of sp³-hybridized carbons (Fsp3) is 0.625. The highest BCUT2D eigenvalue weighted by Gasteiger charge is 2.53. The fourth-order valence-electron chi connectivity index (χ4n) is 3.08. The number of hydrogen-bond donors (Lipinski definition) is 2. The number of rotatable bonds is 6. The van der Waals surface area contributed by atoms with Gasteiger partial charge >= 0.3 is 6.18 Å². The zero-order chi connectivity index (χ0) is 15.1. The van der Waals surface area contributed by atoms with Crippen LogP contribution in [0.3, 0.4) is 0 Å². The Morgan fingerprint density at radius 1 is 1.29 bits per heavy atom. The lowest BCUT2D eigenvalue weighted by molar-refractivity contribution is -0.137. The SMILES string of the molecule is OC(CNCC1(C2CC2)CC1)c1cccc(C(F)(F)F)c1. The zero-order valence-corrected chi connectivity index (χ0v) is 11.8. The molecule has 2 nitrogen and oxygen atoms in total. The monoisotopic (exact) mass is 299 g/mol. The lowest BCUT2D eigenvalue weighted by atomic mass is 10.0. The first kappa shape index (κ1) is 14.9. The minimum atomic E-state index is -4.37. The molecule has 1 atom stereocenters. The maximum Gasteiger partial charge on any atom is 0.416 e. The van der Waals surface area contributed by atoms with Crippen LogP contribution in [0.15, 0.2) is 24.3 Å². The van der Waals surface area contributed by atoms with Crippen molar-refractivity contribution in [1.82, 2.24) is 5.32 Å². The van der Waals surface area contributed by atoms with Gasteiger partial charge in [-0.2, -0.15) is 13.2 Å². The second-order valence-corrected chi connectivity index (χ2v) is 6.41. The minimum Gasteiger partial charge on any atom is -0.387 e. The van der Waals surface area contributed by atoms with Crippen molar-refractivity contribution in [3.8, 4) is 0 Å². The van der Waals surface area contributed by atoms with Crippen LogP contribution in [0.25, 0.3) is 0 Å². The summed E-state index contributed by atoms with van der Waals surface area (Å²) in [5, 5.41) is 13.3. The predicted octanol–water partition coefficient (Wildman–Crippen LogP) is 3.52. The van der Waals surface area contributed by atoms with Crippen molar-refractivity contribution in [2.75, 3.05) is 13.1 Å². The normalized spacial score (nSPS) is 22.1. The predicted molar refractivity (Wildman–Crippen MR) is 73.7 cm³/mol. The summed E-state index contributed by atoms with van der Waals surface area (Å²) >= 11 is 0. The van der Waals surface area contributed by atoms with E-state index in [9.17, 15) is 18.3 Å². The standard InChI is InChI=1S/C16H20F3NO/c17-16(18,19)13-3-1-2-11(8-13)14(21)9-20-10-15(6-7-15)12-4-5-12/h1-3,8,12,14,20-21H,4-7,9-10H2. The van der Waals surface area contributed by atoms with E-state index in [0.29, 0.717) is 17.5 Å². The lowest BCUT2D eigenvalue weighted by Gasteiger charge is -2.18. The van der Waals surface area contributed by atoms with Crippen LogP contribution in [0.1, 0.15) is 42.9 Å². The molecule has 2 aliphatic rings. The molecule has 116 valence electrons. The Morgan fingerprint density at radius 2 is 2.00 bits per heavy atom. The van der Waals surface area contributed by atoms with E-state index in [1.54, 1.807) is 0 Å². The summed E-state index contributed by atoms with van der Waals surface area (Å²) in [6.45, 7) is 1.17. The van der Waals surface area contributed by atoms with Gasteiger partial charge in [-0.3, -0.25) is 0 Å². The van der Waals surface area contributed by atoms with Crippen LogP contribution in [0.5, 0.6) is 0 Å². The van der Waals surface area contributed by atoms with Gasteiger partial charge in [0.25, 0.3) is 0 Å². The topological polar surface area (TPSA) is 32.3 Å². The highest BCUT2D eigenvalue weighted by molar-refractivity contribution is 5.27. The van der Waals surface area contributed by atoms with Crippen molar-refractivity contribution in [3.63, 3.8) is 0 Å². The highest BCUT2D eigenvalue weighted by Crippen LogP contribution is 2.60. The van der Waals surface area contributed by atoms with Crippen molar-refractivity contribution in [1.29, 1.82) is 0 Å². The van der Waals surface area contributed by atoms with Crippen LogP contribution in [-0.2, 0) is 6.18 Å². The summed E-state index contributed by atoms with van der Waals surface area (Å²) in [6, 6.07) is 4.93. The highest BCUT2D eigenvalue weighted by atomic mass is 19.4. The molecule has 0 aromatic heterocycles. The smallest absolute Gasteiger partial charge is 0.387 e. The van der Waals surface area contributed by atoms with E-state index >= 15 is 0 Å².